The molecular weight excluding hydrogens is 304 g/mol. The van der Waals surface area contributed by atoms with Crippen molar-refractivity contribution in [2.45, 2.75) is 37.6 Å². The maximum absolute atomic E-state index is 12.2. The molecule has 0 spiro atoms. The first kappa shape index (κ1) is 17.0. The van der Waals surface area contributed by atoms with E-state index >= 15 is 0 Å². The number of amides is 1. The summed E-state index contributed by atoms with van der Waals surface area (Å²) in [7, 11) is 0. The Morgan fingerprint density at radius 1 is 1.25 bits per heavy atom. The predicted octanol–water partition coefficient (Wildman–Crippen LogP) is 1.64. The van der Waals surface area contributed by atoms with Crippen molar-refractivity contribution in [3.8, 4) is 0 Å². The van der Waals surface area contributed by atoms with Gasteiger partial charge in [0.05, 0.1) is 25.1 Å². The molecule has 0 radical (unpaired) electrons. The molecule has 1 aliphatic carbocycles. The highest BCUT2D eigenvalue weighted by molar-refractivity contribution is 5.91. The minimum Gasteiger partial charge on any atom is -0.379 e. The fourth-order valence-electron chi connectivity index (χ4n) is 3.72. The summed E-state index contributed by atoms with van der Waals surface area (Å²) in [6.45, 7) is 4.22. The van der Waals surface area contributed by atoms with Gasteiger partial charge < -0.3 is 10.1 Å². The van der Waals surface area contributed by atoms with E-state index in [9.17, 15) is 4.79 Å². The molecule has 1 N–H and O–H groups in total. The van der Waals surface area contributed by atoms with Crippen LogP contribution in [-0.2, 0) is 9.53 Å². The van der Waals surface area contributed by atoms with Gasteiger partial charge in [-0.05, 0) is 18.9 Å². The number of ether oxygens (including phenoxy) is 1. The van der Waals surface area contributed by atoms with Crippen LogP contribution in [0, 0.1) is 0 Å². The Balaban J connectivity index is 1.58. The molecule has 6 nitrogen and oxygen atoms in total. The van der Waals surface area contributed by atoms with E-state index in [2.05, 4.69) is 20.2 Å². The van der Waals surface area contributed by atoms with Gasteiger partial charge in [0.25, 0.3) is 0 Å². The molecule has 0 unspecified atom stereocenters. The molecule has 1 saturated carbocycles. The van der Waals surface area contributed by atoms with Gasteiger partial charge >= 0.3 is 0 Å². The number of nitrogens with one attached hydrogen (secondary N) is 1. The van der Waals surface area contributed by atoms with Crippen LogP contribution in [0.15, 0.2) is 24.7 Å². The molecule has 6 heteroatoms. The van der Waals surface area contributed by atoms with Gasteiger partial charge in [-0.1, -0.05) is 19.3 Å². The fraction of sp³-hybridized carbons (Fsp3) is 0.611. The molecule has 0 atom stereocenters. The van der Waals surface area contributed by atoms with Gasteiger partial charge in [0.1, 0.15) is 0 Å². The SMILES string of the molecule is O=C(/C=C/c1cnccn1)NCC1(N2CCOCC2)CCCCC1. The first-order valence-corrected chi connectivity index (χ1v) is 8.83. The summed E-state index contributed by atoms with van der Waals surface area (Å²) in [6, 6.07) is 0. The van der Waals surface area contributed by atoms with Crippen LogP contribution in [0.25, 0.3) is 6.08 Å². The number of hydrogen-bond acceptors (Lipinski definition) is 5. The van der Waals surface area contributed by atoms with Crippen LogP contribution in [0.5, 0.6) is 0 Å². The zero-order valence-corrected chi connectivity index (χ0v) is 14.1. The molecule has 1 aromatic heterocycles. The highest BCUT2D eigenvalue weighted by atomic mass is 16.5. The van der Waals surface area contributed by atoms with Gasteiger partial charge in [-0.15, -0.1) is 0 Å². The Labute approximate surface area is 143 Å². The number of rotatable bonds is 5. The van der Waals surface area contributed by atoms with Gasteiger partial charge in [0.15, 0.2) is 0 Å². The number of carbonyl (C=O) groups excluding carboxylic acids is 1. The molecule has 1 aliphatic heterocycles. The highest BCUT2D eigenvalue weighted by Gasteiger charge is 2.38. The van der Waals surface area contributed by atoms with Crippen molar-refractivity contribution in [3.05, 3.63) is 30.4 Å². The quantitative estimate of drug-likeness (QED) is 0.832. The monoisotopic (exact) mass is 330 g/mol. The van der Waals surface area contributed by atoms with E-state index in [1.807, 2.05) is 0 Å². The van der Waals surface area contributed by atoms with Crippen LogP contribution in [0.1, 0.15) is 37.8 Å². The second-order valence-corrected chi connectivity index (χ2v) is 6.57. The second kappa shape index (κ2) is 8.35. The molecule has 1 saturated heterocycles. The average molecular weight is 330 g/mol. The van der Waals surface area contributed by atoms with Gasteiger partial charge in [-0.3, -0.25) is 19.7 Å². The normalized spacial score (nSPS) is 21.7. The van der Waals surface area contributed by atoms with Crippen LogP contribution in [0.3, 0.4) is 0 Å². The summed E-state index contributed by atoms with van der Waals surface area (Å²) in [6.07, 6.45) is 14.2. The van der Waals surface area contributed by atoms with Crippen LogP contribution in [0.4, 0.5) is 0 Å². The minimum absolute atomic E-state index is 0.0705. The summed E-state index contributed by atoms with van der Waals surface area (Å²) in [5.41, 5.74) is 0.783. The summed E-state index contributed by atoms with van der Waals surface area (Å²) in [5.74, 6) is -0.0705. The Morgan fingerprint density at radius 2 is 2.04 bits per heavy atom. The van der Waals surface area contributed by atoms with Crippen LogP contribution >= 0.6 is 0 Å². The number of carbonyl (C=O) groups is 1. The molecule has 0 aromatic carbocycles. The smallest absolute Gasteiger partial charge is 0.244 e. The highest BCUT2D eigenvalue weighted by Crippen LogP contribution is 2.33. The first-order valence-electron chi connectivity index (χ1n) is 8.83. The molecule has 1 aromatic rings. The summed E-state index contributed by atoms with van der Waals surface area (Å²) >= 11 is 0. The Morgan fingerprint density at radius 3 is 2.75 bits per heavy atom. The lowest BCUT2D eigenvalue weighted by Gasteiger charge is -2.48. The van der Waals surface area contributed by atoms with Crippen molar-refractivity contribution in [3.63, 3.8) is 0 Å². The third kappa shape index (κ3) is 4.39. The number of aromatic nitrogens is 2. The first-order chi connectivity index (χ1) is 11.8. The largest absolute Gasteiger partial charge is 0.379 e. The third-order valence-corrected chi connectivity index (χ3v) is 5.05. The van der Waals surface area contributed by atoms with Crippen LogP contribution in [-0.4, -0.2) is 59.2 Å². The molecular formula is C18H26N4O2. The van der Waals surface area contributed by atoms with Gasteiger partial charge in [-0.2, -0.15) is 0 Å². The standard InChI is InChI=1S/C18H26N4O2/c23-17(5-4-16-14-19-8-9-20-16)21-15-18(6-2-1-3-7-18)22-10-12-24-13-11-22/h4-5,8-9,14H,1-3,6-7,10-13,15H2,(H,21,23)/b5-4+. The van der Waals surface area contributed by atoms with Crippen molar-refractivity contribution in [1.82, 2.24) is 20.2 Å². The summed E-state index contributed by atoms with van der Waals surface area (Å²) in [5, 5.41) is 3.10. The molecule has 24 heavy (non-hydrogen) atoms. The molecule has 0 bridgehead atoms. The average Bonchev–Trinajstić information content (AvgIpc) is 2.67. The van der Waals surface area contributed by atoms with Gasteiger partial charge in [0.2, 0.25) is 5.91 Å². The second-order valence-electron chi connectivity index (χ2n) is 6.57. The molecule has 1 amide bonds. The fourth-order valence-corrected chi connectivity index (χ4v) is 3.72. The Kier molecular flexibility index (Phi) is 5.93. The Bertz CT molecular complexity index is 549. The topological polar surface area (TPSA) is 67.4 Å². The maximum Gasteiger partial charge on any atom is 0.244 e. The van der Waals surface area contributed by atoms with Crippen molar-refractivity contribution in [2.75, 3.05) is 32.8 Å². The van der Waals surface area contributed by atoms with Crippen molar-refractivity contribution < 1.29 is 9.53 Å². The van der Waals surface area contributed by atoms with Crippen molar-refractivity contribution in [2.24, 2.45) is 0 Å². The lowest BCUT2D eigenvalue weighted by Crippen LogP contribution is -2.59. The molecule has 2 aliphatic rings. The lowest BCUT2D eigenvalue weighted by atomic mass is 9.79. The van der Waals surface area contributed by atoms with Crippen LogP contribution in [0.2, 0.25) is 0 Å². The predicted molar refractivity (Wildman–Crippen MR) is 92.3 cm³/mol. The zero-order chi connectivity index (χ0) is 16.7. The molecule has 2 fully saturated rings. The minimum atomic E-state index is -0.0705. The molecule has 3 rings (SSSR count). The maximum atomic E-state index is 12.2. The number of nitrogens with zero attached hydrogens (tertiary/aromatic N) is 3. The van der Waals surface area contributed by atoms with E-state index in [-0.39, 0.29) is 11.4 Å². The number of morpholine rings is 1. The van der Waals surface area contributed by atoms with E-state index in [0.29, 0.717) is 12.2 Å². The van der Waals surface area contributed by atoms with Gasteiger partial charge in [-0.25, -0.2) is 0 Å². The summed E-state index contributed by atoms with van der Waals surface area (Å²) < 4.78 is 5.50. The lowest BCUT2D eigenvalue weighted by molar-refractivity contribution is -0.117. The van der Waals surface area contributed by atoms with E-state index in [1.54, 1.807) is 30.7 Å². The van der Waals surface area contributed by atoms with Crippen molar-refractivity contribution >= 4 is 12.0 Å². The van der Waals surface area contributed by atoms with E-state index in [4.69, 9.17) is 4.74 Å². The van der Waals surface area contributed by atoms with E-state index in [1.165, 1.54) is 19.3 Å². The summed E-state index contributed by atoms with van der Waals surface area (Å²) in [4.78, 5) is 22.9. The van der Waals surface area contributed by atoms with E-state index < -0.39 is 0 Å². The van der Waals surface area contributed by atoms with E-state index in [0.717, 1.165) is 39.1 Å². The molecule has 130 valence electrons. The number of hydrogen-bond donors (Lipinski definition) is 1. The van der Waals surface area contributed by atoms with Gasteiger partial charge in [0, 0.05) is 43.6 Å². The Hall–Kier alpha value is -1.79. The third-order valence-electron chi connectivity index (χ3n) is 5.05. The zero-order valence-electron chi connectivity index (χ0n) is 14.1. The molecule has 2 heterocycles. The van der Waals surface area contributed by atoms with Crippen LogP contribution < -0.4 is 5.32 Å². The van der Waals surface area contributed by atoms with Crippen molar-refractivity contribution in [1.29, 1.82) is 0 Å².